The van der Waals surface area contributed by atoms with Crippen molar-refractivity contribution in [3.63, 3.8) is 0 Å². The molecule has 0 radical (unpaired) electrons. The molecule has 0 amide bonds. The van der Waals surface area contributed by atoms with E-state index in [4.69, 9.17) is 0 Å². The number of aromatic nitrogens is 1. The number of aryl methyl sites for hydroxylation is 4. The molecule has 1 aliphatic rings. The van der Waals surface area contributed by atoms with E-state index in [0.717, 1.165) is 45.0 Å². The quantitative estimate of drug-likeness (QED) is 0.172. The van der Waals surface area contributed by atoms with E-state index in [0.29, 0.717) is 0 Å². The summed E-state index contributed by atoms with van der Waals surface area (Å²) in [5, 5.41) is 1.14. The van der Waals surface area contributed by atoms with Crippen LogP contribution >= 0.6 is 0 Å². The Morgan fingerprint density at radius 2 is 0.868 bits per heavy atom. The van der Waals surface area contributed by atoms with Gasteiger partial charge in [0.1, 0.15) is 0 Å². The van der Waals surface area contributed by atoms with Gasteiger partial charge in [-0.1, -0.05) is 86.6 Å². The summed E-state index contributed by atoms with van der Waals surface area (Å²) < 4.78 is 2.48. The van der Waals surface area contributed by atoms with Crippen molar-refractivity contribution in [2.24, 2.45) is 0 Å². The summed E-state index contributed by atoms with van der Waals surface area (Å²) in [5.41, 5.74) is 17.7. The van der Waals surface area contributed by atoms with Crippen molar-refractivity contribution in [3.8, 4) is 5.69 Å². The van der Waals surface area contributed by atoms with Crippen molar-refractivity contribution < 1.29 is 0 Å². The van der Waals surface area contributed by atoms with E-state index in [2.05, 4.69) is 221 Å². The van der Waals surface area contributed by atoms with Gasteiger partial charge < -0.3 is 14.4 Å². The SMILES string of the molecule is Cc1cc(C)cc(N(c2ccccc2)c2ccc3cc(N(c4ccccc4)c4cc(C)cc(C)c4)ccc3n3c(C)c(c2)C(C)(C)c2ccccc2-3)c1. The van der Waals surface area contributed by atoms with Gasteiger partial charge in [0, 0.05) is 56.3 Å². The van der Waals surface area contributed by atoms with Gasteiger partial charge in [0.25, 0.3) is 0 Å². The normalized spacial score (nSPS) is 12.6. The van der Waals surface area contributed by atoms with Crippen molar-refractivity contribution in [1.82, 2.24) is 4.57 Å². The second-order valence-corrected chi connectivity index (χ2v) is 15.2. The molecule has 0 saturated carbocycles. The smallest absolute Gasteiger partial charge is 0.0532 e. The Morgan fingerprint density at radius 1 is 0.396 bits per heavy atom. The maximum atomic E-state index is 2.48. The molecule has 3 heteroatoms. The molecule has 0 aliphatic carbocycles. The van der Waals surface area contributed by atoms with Crippen LogP contribution in [0.2, 0.25) is 0 Å². The maximum absolute atomic E-state index is 2.48. The number of anilines is 6. The molecule has 2 bridgehead atoms. The van der Waals surface area contributed by atoms with Crippen LogP contribution in [0.4, 0.5) is 34.1 Å². The summed E-state index contributed by atoms with van der Waals surface area (Å²) in [5.74, 6) is 0. The average Bonchev–Trinajstić information content (AvgIpc) is 3.18. The van der Waals surface area contributed by atoms with Gasteiger partial charge in [-0.25, -0.2) is 0 Å². The van der Waals surface area contributed by atoms with Gasteiger partial charge in [-0.05, 0) is 153 Å². The van der Waals surface area contributed by atoms with E-state index in [-0.39, 0.29) is 5.41 Å². The molecule has 3 nitrogen and oxygen atoms in total. The van der Waals surface area contributed by atoms with Gasteiger partial charge in [0.2, 0.25) is 0 Å². The van der Waals surface area contributed by atoms with Gasteiger partial charge >= 0.3 is 0 Å². The predicted octanol–water partition coefficient (Wildman–Crippen LogP) is 13.9. The number of fused-ring (bicyclic) bond motifs is 6. The summed E-state index contributed by atoms with van der Waals surface area (Å²) in [7, 11) is 0. The first kappa shape index (κ1) is 34.0. The third kappa shape index (κ3) is 6.27. The van der Waals surface area contributed by atoms with Crippen LogP contribution in [0.25, 0.3) is 16.6 Å². The minimum Gasteiger partial charge on any atom is -0.313 e. The Labute approximate surface area is 314 Å². The number of hydrogen-bond donors (Lipinski definition) is 0. The monoisotopic (exact) mass is 689 g/mol. The molecule has 0 spiro atoms. The van der Waals surface area contributed by atoms with Crippen LogP contribution < -0.4 is 9.80 Å². The molecular formula is C50H47N3. The van der Waals surface area contributed by atoms with Crippen LogP contribution in [0.1, 0.15) is 52.9 Å². The Hall–Kier alpha value is -6.06. The zero-order valence-corrected chi connectivity index (χ0v) is 31.9. The van der Waals surface area contributed by atoms with E-state index in [9.17, 15) is 0 Å². The highest BCUT2D eigenvalue weighted by molar-refractivity contribution is 5.90. The highest BCUT2D eigenvalue weighted by Crippen LogP contribution is 2.45. The van der Waals surface area contributed by atoms with Gasteiger partial charge in [-0.2, -0.15) is 0 Å². The third-order valence-corrected chi connectivity index (χ3v) is 10.7. The lowest BCUT2D eigenvalue weighted by atomic mass is 9.74. The lowest BCUT2D eigenvalue weighted by Gasteiger charge is -2.36. The molecule has 262 valence electrons. The molecular weight excluding hydrogens is 643 g/mol. The molecule has 8 rings (SSSR count). The molecule has 2 heterocycles. The molecule has 7 aromatic rings. The van der Waals surface area contributed by atoms with E-state index in [1.807, 2.05) is 0 Å². The Kier molecular flexibility index (Phi) is 8.66. The fourth-order valence-corrected chi connectivity index (χ4v) is 8.43. The van der Waals surface area contributed by atoms with E-state index >= 15 is 0 Å². The number of benzene rings is 6. The van der Waals surface area contributed by atoms with E-state index in [1.54, 1.807) is 0 Å². The highest BCUT2D eigenvalue weighted by atomic mass is 15.1. The summed E-state index contributed by atoms with van der Waals surface area (Å²) in [6.45, 7) is 15.8. The Balaban J connectivity index is 1.48. The molecule has 6 aromatic carbocycles. The fourth-order valence-electron chi connectivity index (χ4n) is 8.43. The van der Waals surface area contributed by atoms with E-state index in [1.165, 1.54) is 44.8 Å². The molecule has 53 heavy (non-hydrogen) atoms. The first-order valence-corrected chi connectivity index (χ1v) is 18.6. The molecule has 0 N–H and O–H groups in total. The standard InChI is InChI=1S/C50H47N3/c1-34-26-35(2)29-44(28-34)52(40-16-10-8-11-17-40)42-24-25-48-39(32-42)22-23-43(33-47-38(5)51(48)49-21-15-14-20-46(49)50(47,6)7)53(41-18-12-9-13-19-41)45-30-36(3)27-37(4)31-45/h8-33H,1-7H3. The number of hydrogen-bond acceptors (Lipinski definition) is 2. The van der Waals surface area contributed by atoms with Crippen molar-refractivity contribution >= 4 is 45.0 Å². The molecule has 0 fully saturated rings. The molecule has 1 aliphatic heterocycles. The largest absolute Gasteiger partial charge is 0.313 e. The maximum Gasteiger partial charge on any atom is 0.0532 e. The predicted molar refractivity (Wildman–Crippen MR) is 226 cm³/mol. The number of para-hydroxylation sites is 3. The highest BCUT2D eigenvalue weighted by Gasteiger charge is 2.33. The minimum absolute atomic E-state index is 0.237. The molecule has 0 atom stereocenters. The van der Waals surface area contributed by atoms with Crippen molar-refractivity contribution in [2.75, 3.05) is 9.80 Å². The lowest BCUT2D eigenvalue weighted by Crippen LogP contribution is -2.28. The van der Waals surface area contributed by atoms with Crippen LogP contribution in [0.15, 0.2) is 158 Å². The Morgan fingerprint density at radius 3 is 1.42 bits per heavy atom. The van der Waals surface area contributed by atoms with Gasteiger partial charge in [-0.3, -0.25) is 0 Å². The molecule has 1 aromatic heterocycles. The third-order valence-electron chi connectivity index (χ3n) is 10.7. The van der Waals surface area contributed by atoms with Crippen molar-refractivity contribution in [2.45, 2.75) is 53.9 Å². The summed E-state index contributed by atoms with van der Waals surface area (Å²) in [6.07, 6.45) is 0. The van der Waals surface area contributed by atoms with E-state index < -0.39 is 0 Å². The van der Waals surface area contributed by atoms with Crippen LogP contribution in [-0.4, -0.2) is 4.57 Å². The zero-order valence-electron chi connectivity index (χ0n) is 31.9. The minimum atomic E-state index is -0.237. The van der Waals surface area contributed by atoms with Crippen LogP contribution in [-0.2, 0) is 5.41 Å². The lowest BCUT2D eigenvalue weighted by molar-refractivity contribution is 0.607. The van der Waals surface area contributed by atoms with Gasteiger partial charge in [0.05, 0.1) is 5.52 Å². The van der Waals surface area contributed by atoms with Crippen LogP contribution in [0, 0.1) is 34.6 Å². The Bertz CT molecular complexity index is 2500. The van der Waals surface area contributed by atoms with Gasteiger partial charge in [0.15, 0.2) is 0 Å². The second-order valence-electron chi connectivity index (χ2n) is 15.2. The van der Waals surface area contributed by atoms with Crippen LogP contribution in [0.5, 0.6) is 0 Å². The van der Waals surface area contributed by atoms with Crippen LogP contribution in [0.3, 0.4) is 0 Å². The van der Waals surface area contributed by atoms with Crippen molar-refractivity contribution in [1.29, 1.82) is 0 Å². The second kappa shape index (κ2) is 13.5. The summed E-state index contributed by atoms with van der Waals surface area (Å²) >= 11 is 0. The van der Waals surface area contributed by atoms with Crippen molar-refractivity contribution in [3.05, 3.63) is 197 Å². The molecule has 0 unspecified atom stereocenters. The van der Waals surface area contributed by atoms with Gasteiger partial charge in [-0.15, -0.1) is 0 Å². The first-order valence-electron chi connectivity index (χ1n) is 18.6. The number of rotatable bonds is 6. The topological polar surface area (TPSA) is 11.4 Å². The molecule has 0 saturated heterocycles. The summed E-state index contributed by atoms with van der Waals surface area (Å²) in [6, 6.07) is 58.1. The summed E-state index contributed by atoms with van der Waals surface area (Å²) in [4.78, 5) is 4.79. The first-order chi connectivity index (χ1) is 25.6. The average molecular weight is 690 g/mol. The number of nitrogens with zero attached hydrogens (tertiary/aromatic N) is 3. The zero-order chi connectivity index (χ0) is 36.9. The fraction of sp³-hybridized carbons (Fsp3) is 0.160.